The molecule has 0 aromatic heterocycles. The van der Waals surface area contributed by atoms with Crippen molar-refractivity contribution in [3.63, 3.8) is 0 Å². The smallest absolute Gasteiger partial charge is 0.222 e. The molecule has 2 rings (SSSR count). The Morgan fingerprint density at radius 3 is 2.84 bits per heavy atom. The van der Waals surface area contributed by atoms with Crippen LogP contribution in [-0.4, -0.2) is 60.5 Å². The lowest BCUT2D eigenvalue weighted by atomic mass is 10.2. The standard InChI is InChI=1S/C15H29N3O/c1-13(2)16-8-3-7-15(19)18-11-5-10-17-9-4-6-14(17)12-18/h13-14,16H,3-12H2,1-2H3. The third kappa shape index (κ3) is 4.46. The molecule has 2 aliphatic heterocycles. The average molecular weight is 267 g/mol. The van der Waals surface area contributed by atoms with Crippen LogP contribution >= 0.6 is 0 Å². The van der Waals surface area contributed by atoms with Crippen LogP contribution in [-0.2, 0) is 4.79 Å². The number of fused-ring (bicyclic) bond motifs is 1. The molecule has 2 fully saturated rings. The summed E-state index contributed by atoms with van der Waals surface area (Å²) in [5.41, 5.74) is 0. The van der Waals surface area contributed by atoms with Gasteiger partial charge in [-0.15, -0.1) is 0 Å². The van der Waals surface area contributed by atoms with Gasteiger partial charge in [0.1, 0.15) is 0 Å². The third-order valence-corrected chi connectivity index (χ3v) is 4.28. The Balaban J connectivity index is 1.72. The summed E-state index contributed by atoms with van der Waals surface area (Å²) in [6.45, 7) is 9.59. The first-order chi connectivity index (χ1) is 9.16. The molecule has 0 aliphatic carbocycles. The van der Waals surface area contributed by atoms with Gasteiger partial charge in [-0.1, -0.05) is 13.8 Å². The summed E-state index contributed by atoms with van der Waals surface area (Å²) in [6, 6.07) is 1.15. The number of hydrogen-bond acceptors (Lipinski definition) is 3. The van der Waals surface area contributed by atoms with Gasteiger partial charge in [0.25, 0.3) is 0 Å². The van der Waals surface area contributed by atoms with Gasteiger partial charge in [-0.3, -0.25) is 9.69 Å². The van der Waals surface area contributed by atoms with E-state index < -0.39 is 0 Å². The fourth-order valence-electron chi connectivity index (χ4n) is 3.22. The van der Waals surface area contributed by atoms with E-state index in [4.69, 9.17) is 0 Å². The van der Waals surface area contributed by atoms with Gasteiger partial charge in [-0.2, -0.15) is 0 Å². The molecule has 0 spiro atoms. The first-order valence-corrected chi connectivity index (χ1v) is 7.92. The molecular formula is C15H29N3O. The molecule has 1 amide bonds. The van der Waals surface area contributed by atoms with Crippen molar-refractivity contribution in [2.24, 2.45) is 0 Å². The van der Waals surface area contributed by atoms with Gasteiger partial charge in [-0.25, -0.2) is 0 Å². The highest BCUT2D eigenvalue weighted by Crippen LogP contribution is 2.21. The van der Waals surface area contributed by atoms with E-state index in [0.717, 1.165) is 32.5 Å². The van der Waals surface area contributed by atoms with Gasteiger partial charge in [0, 0.05) is 38.1 Å². The second-order valence-corrected chi connectivity index (χ2v) is 6.24. The first kappa shape index (κ1) is 14.8. The van der Waals surface area contributed by atoms with Crippen molar-refractivity contribution in [3.05, 3.63) is 0 Å². The Morgan fingerprint density at radius 2 is 2.05 bits per heavy atom. The van der Waals surface area contributed by atoms with Gasteiger partial charge in [-0.05, 0) is 38.8 Å². The molecule has 1 unspecified atom stereocenters. The maximum atomic E-state index is 12.3. The number of carbonyl (C=O) groups excluding carboxylic acids is 1. The summed E-state index contributed by atoms with van der Waals surface area (Å²) < 4.78 is 0. The zero-order valence-electron chi connectivity index (χ0n) is 12.5. The molecular weight excluding hydrogens is 238 g/mol. The molecule has 0 saturated carbocycles. The summed E-state index contributed by atoms with van der Waals surface area (Å²) in [5.74, 6) is 0.360. The number of nitrogens with one attached hydrogen (secondary N) is 1. The minimum atomic E-state index is 0.360. The van der Waals surface area contributed by atoms with Crippen LogP contribution in [0.4, 0.5) is 0 Å². The van der Waals surface area contributed by atoms with E-state index in [9.17, 15) is 4.79 Å². The second-order valence-electron chi connectivity index (χ2n) is 6.24. The minimum Gasteiger partial charge on any atom is -0.341 e. The molecule has 1 atom stereocenters. The number of amides is 1. The van der Waals surface area contributed by atoms with E-state index in [1.165, 1.54) is 25.9 Å². The fourth-order valence-corrected chi connectivity index (χ4v) is 3.22. The summed E-state index contributed by atoms with van der Waals surface area (Å²) in [4.78, 5) is 17.0. The molecule has 2 heterocycles. The summed E-state index contributed by atoms with van der Waals surface area (Å²) in [6.07, 6.45) is 5.39. The predicted molar refractivity (Wildman–Crippen MR) is 78.2 cm³/mol. The van der Waals surface area contributed by atoms with Crippen LogP contribution in [0.3, 0.4) is 0 Å². The average Bonchev–Trinajstić information content (AvgIpc) is 2.71. The Kier molecular flexibility index (Phi) is 5.64. The highest BCUT2D eigenvalue weighted by Gasteiger charge is 2.30. The van der Waals surface area contributed by atoms with Crippen molar-refractivity contribution in [1.82, 2.24) is 15.1 Å². The molecule has 0 bridgehead atoms. The predicted octanol–water partition coefficient (Wildman–Crippen LogP) is 1.46. The molecule has 1 N–H and O–H groups in total. The van der Waals surface area contributed by atoms with Crippen molar-refractivity contribution in [2.45, 2.75) is 58.0 Å². The highest BCUT2D eigenvalue weighted by molar-refractivity contribution is 5.76. The monoisotopic (exact) mass is 267 g/mol. The number of carbonyl (C=O) groups is 1. The number of rotatable bonds is 5. The van der Waals surface area contributed by atoms with Gasteiger partial charge < -0.3 is 10.2 Å². The van der Waals surface area contributed by atoms with Crippen molar-refractivity contribution >= 4 is 5.91 Å². The highest BCUT2D eigenvalue weighted by atomic mass is 16.2. The summed E-state index contributed by atoms with van der Waals surface area (Å²) >= 11 is 0. The molecule has 2 saturated heterocycles. The molecule has 19 heavy (non-hydrogen) atoms. The van der Waals surface area contributed by atoms with Gasteiger partial charge in [0.15, 0.2) is 0 Å². The Hall–Kier alpha value is -0.610. The fraction of sp³-hybridized carbons (Fsp3) is 0.933. The first-order valence-electron chi connectivity index (χ1n) is 7.92. The Morgan fingerprint density at radius 1 is 1.26 bits per heavy atom. The van der Waals surface area contributed by atoms with Crippen LogP contribution in [0.5, 0.6) is 0 Å². The van der Waals surface area contributed by atoms with E-state index in [0.29, 0.717) is 24.4 Å². The van der Waals surface area contributed by atoms with Crippen molar-refractivity contribution in [2.75, 3.05) is 32.7 Å². The third-order valence-electron chi connectivity index (χ3n) is 4.28. The van der Waals surface area contributed by atoms with E-state index in [1.54, 1.807) is 0 Å². The lowest BCUT2D eigenvalue weighted by Crippen LogP contribution is -2.39. The SMILES string of the molecule is CC(C)NCCCC(=O)N1CCCN2CCCC2C1. The molecule has 2 aliphatic rings. The van der Waals surface area contributed by atoms with Crippen molar-refractivity contribution in [1.29, 1.82) is 0 Å². The van der Waals surface area contributed by atoms with Gasteiger partial charge in [0.2, 0.25) is 5.91 Å². The summed E-state index contributed by atoms with van der Waals surface area (Å²) in [5, 5.41) is 3.37. The van der Waals surface area contributed by atoms with Crippen molar-refractivity contribution < 1.29 is 4.79 Å². The number of hydrogen-bond donors (Lipinski definition) is 1. The van der Waals surface area contributed by atoms with E-state index >= 15 is 0 Å². The zero-order chi connectivity index (χ0) is 13.7. The van der Waals surface area contributed by atoms with Crippen LogP contribution in [0.2, 0.25) is 0 Å². The van der Waals surface area contributed by atoms with Gasteiger partial charge in [0.05, 0.1) is 0 Å². The van der Waals surface area contributed by atoms with Crippen LogP contribution < -0.4 is 5.32 Å². The molecule has 0 aromatic carbocycles. The van der Waals surface area contributed by atoms with Crippen LogP contribution in [0, 0.1) is 0 Å². The molecule has 4 heteroatoms. The molecule has 110 valence electrons. The largest absolute Gasteiger partial charge is 0.341 e. The van der Waals surface area contributed by atoms with Crippen LogP contribution in [0.25, 0.3) is 0 Å². The lowest BCUT2D eigenvalue weighted by Gasteiger charge is -2.25. The Labute approximate surface area is 117 Å². The second kappa shape index (κ2) is 7.25. The molecule has 0 radical (unpaired) electrons. The van der Waals surface area contributed by atoms with Crippen molar-refractivity contribution in [3.8, 4) is 0 Å². The Bertz CT molecular complexity index is 293. The quantitative estimate of drug-likeness (QED) is 0.766. The number of nitrogens with zero attached hydrogens (tertiary/aromatic N) is 2. The molecule has 0 aromatic rings. The topological polar surface area (TPSA) is 35.6 Å². The normalized spacial score (nSPS) is 24.6. The van der Waals surface area contributed by atoms with Crippen LogP contribution in [0.1, 0.15) is 46.0 Å². The van der Waals surface area contributed by atoms with E-state index in [2.05, 4.69) is 29.0 Å². The minimum absolute atomic E-state index is 0.360. The maximum Gasteiger partial charge on any atom is 0.222 e. The molecule has 4 nitrogen and oxygen atoms in total. The van der Waals surface area contributed by atoms with Gasteiger partial charge >= 0.3 is 0 Å². The zero-order valence-corrected chi connectivity index (χ0v) is 12.5. The summed E-state index contributed by atoms with van der Waals surface area (Å²) in [7, 11) is 0. The van der Waals surface area contributed by atoms with Crippen LogP contribution in [0.15, 0.2) is 0 Å². The lowest BCUT2D eigenvalue weighted by molar-refractivity contribution is -0.131. The van der Waals surface area contributed by atoms with E-state index in [1.807, 2.05) is 0 Å². The maximum absolute atomic E-state index is 12.3. The van der Waals surface area contributed by atoms with E-state index in [-0.39, 0.29) is 0 Å².